The van der Waals surface area contributed by atoms with E-state index in [4.69, 9.17) is 0 Å². The van der Waals surface area contributed by atoms with Crippen molar-refractivity contribution in [3.63, 3.8) is 0 Å². The molecular formula is C15H24FN. The van der Waals surface area contributed by atoms with Crippen molar-refractivity contribution >= 4 is 0 Å². The number of unbranched alkanes of at least 4 members (excludes halogenated alkanes) is 2. The van der Waals surface area contributed by atoms with Crippen molar-refractivity contribution in [1.29, 1.82) is 0 Å². The van der Waals surface area contributed by atoms with Gasteiger partial charge >= 0.3 is 0 Å². The lowest BCUT2D eigenvalue weighted by Gasteiger charge is -2.16. The number of hydrogen-bond acceptors (Lipinski definition) is 1. The highest BCUT2D eigenvalue weighted by Crippen LogP contribution is 2.21. The maximum atomic E-state index is 13.5. The Hall–Kier alpha value is -0.920. The Bertz CT molecular complexity index is 304. The highest BCUT2D eigenvalue weighted by atomic mass is 19.1. The van der Waals surface area contributed by atoms with Crippen LogP contribution >= 0.6 is 0 Å². The molecule has 0 saturated heterocycles. The van der Waals surface area contributed by atoms with Crippen LogP contribution in [0.1, 0.15) is 58.1 Å². The maximum absolute atomic E-state index is 13.5. The van der Waals surface area contributed by atoms with Gasteiger partial charge in [-0.2, -0.15) is 0 Å². The van der Waals surface area contributed by atoms with Gasteiger partial charge in [-0.15, -0.1) is 0 Å². The molecule has 0 atom stereocenters. The Kier molecular flexibility index (Phi) is 6.83. The number of nitrogens with zero attached hydrogens (tertiary/aromatic N) is 1. The Morgan fingerprint density at radius 2 is 1.82 bits per heavy atom. The minimum absolute atomic E-state index is 0.148. The molecule has 1 aromatic rings. The van der Waals surface area contributed by atoms with Crippen LogP contribution in [0.5, 0.6) is 0 Å². The third kappa shape index (κ3) is 5.29. The zero-order valence-corrected chi connectivity index (χ0v) is 11.1. The van der Waals surface area contributed by atoms with Crippen LogP contribution in [0.3, 0.4) is 0 Å². The fraction of sp³-hybridized carbons (Fsp3) is 0.667. The summed E-state index contributed by atoms with van der Waals surface area (Å²) in [5, 5.41) is 0. The molecule has 96 valence electrons. The zero-order valence-electron chi connectivity index (χ0n) is 11.1. The van der Waals surface area contributed by atoms with Gasteiger partial charge in [0.05, 0.1) is 5.69 Å². The summed E-state index contributed by atoms with van der Waals surface area (Å²) in [7, 11) is 0. The SMILES string of the molecule is CCCCC(CCCC)Cc1ncccc1F. The van der Waals surface area contributed by atoms with Crippen LogP contribution in [0.15, 0.2) is 18.3 Å². The molecule has 2 heteroatoms. The lowest BCUT2D eigenvalue weighted by Crippen LogP contribution is -2.08. The molecule has 0 aromatic carbocycles. The van der Waals surface area contributed by atoms with Gasteiger partial charge in [0.25, 0.3) is 0 Å². The molecule has 0 saturated carbocycles. The van der Waals surface area contributed by atoms with Gasteiger partial charge in [0.2, 0.25) is 0 Å². The van der Waals surface area contributed by atoms with Gasteiger partial charge in [-0.1, -0.05) is 52.4 Å². The average Bonchev–Trinajstić information content (AvgIpc) is 2.35. The summed E-state index contributed by atoms with van der Waals surface area (Å²) in [5.41, 5.74) is 0.643. The first kappa shape index (κ1) is 14.1. The van der Waals surface area contributed by atoms with Crippen LogP contribution in [0.2, 0.25) is 0 Å². The average molecular weight is 237 g/mol. The summed E-state index contributed by atoms with van der Waals surface area (Å²) in [5.74, 6) is 0.449. The lowest BCUT2D eigenvalue weighted by molar-refractivity contribution is 0.406. The Morgan fingerprint density at radius 1 is 1.18 bits per heavy atom. The van der Waals surface area contributed by atoms with E-state index in [0.717, 1.165) is 6.42 Å². The molecule has 17 heavy (non-hydrogen) atoms. The monoisotopic (exact) mass is 237 g/mol. The largest absolute Gasteiger partial charge is 0.258 e. The van der Waals surface area contributed by atoms with Crippen LogP contribution in [-0.2, 0) is 6.42 Å². The van der Waals surface area contributed by atoms with Gasteiger partial charge in [0.1, 0.15) is 5.82 Å². The van der Waals surface area contributed by atoms with Crippen LogP contribution in [0, 0.1) is 11.7 Å². The minimum atomic E-state index is -0.148. The fourth-order valence-electron chi connectivity index (χ4n) is 2.18. The van der Waals surface area contributed by atoms with Crippen LogP contribution in [-0.4, -0.2) is 4.98 Å². The second kappa shape index (κ2) is 8.21. The van der Waals surface area contributed by atoms with Crippen LogP contribution in [0.25, 0.3) is 0 Å². The van der Waals surface area contributed by atoms with Gasteiger partial charge in [0.15, 0.2) is 0 Å². The van der Waals surface area contributed by atoms with Crippen molar-refractivity contribution < 1.29 is 4.39 Å². The van der Waals surface area contributed by atoms with Crippen molar-refractivity contribution in [3.8, 4) is 0 Å². The van der Waals surface area contributed by atoms with E-state index in [9.17, 15) is 4.39 Å². The number of halogens is 1. The quantitative estimate of drug-likeness (QED) is 0.635. The summed E-state index contributed by atoms with van der Waals surface area (Å²) in [6.07, 6.45) is 9.80. The van der Waals surface area contributed by atoms with Gasteiger partial charge < -0.3 is 0 Å². The van der Waals surface area contributed by atoms with E-state index >= 15 is 0 Å². The Labute approximate surface area is 104 Å². The summed E-state index contributed by atoms with van der Waals surface area (Å²) in [6, 6.07) is 3.17. The number of hydrogen-bond donors (Lipinski definition) is 0. The lowest BCUT2D eigenvalue weighted by atomic mass is 9.91. The number of pyridine rings is 1. The van der Waals surface area contributed by atoms with E-state index in [1.54, 1.807) is 12.3 Å². The smallest absolute Gasteiger partial charge is 0.144 e. The molecule has 0 bridgehead atoms. The second-order valence-electron chi connectivity index (χ2n) is 4.79. The van der Waals surface area contributed by atoms with E-state index in [0.29, 0.717) is 11.6 Å². The summed E-state index contributed by atoms with van der Waals surface area (Å²) in [4.78, 5) is 4.16. The fourth-order valence-corrected chi connectivity index (χ4v) is 2.18. The van der Waals surface area contributed by atoms with E-state index < -0.39 is 0 Å². The van der Waals surface area contributed by atoms with Crippen molar-refractivity contribution in [3.05, 3.63) is 29.8 Å². The molecule has 0 unspecified atom stereocenters. The number of aromatic nitrogens is 1. The first-order chi connectivity index (χ1) is 8.27. The van der Waals surface area contributed by atoms with Gasteiger partial charge in [-0.25, -0.2) is 4.39 Å². The van der Waals surface area contributed by atoms with E-state index in [2.05, 4.69) is 18.8 Å². The van der Waals surface area contributed by atoms with Crippen molar-refractivity contribution in [1.82, 2.24) is 4.98 Å². The maximum Gasteiger partial charge on any atom is 0.144 e. The van der Waals surface area contributed by atoms with E-state index in [-0.39, 0.29) is 5.82 Å². The second-order valence-corrected chi connectivity index (χ2v) is 4.79. The molecule has 0 aliphatic heterocycles. The molecule has 1 heterocycles. The molecule has 1 rings (SSSR count). The molecule has 0 amide bonds. The van der Waals surface area contributed by atoms with Crippen molar-refractivity contribution in [2.45, 2.75) is 58.8 Å². The van der Waals surface area contributed by atoms with Crippen molar-refractivity contribution in [2.24, 2.45) is 5.92 Å². The third-order valence-electron chi connectivity index (χ3n) is 3.25. The first-order valence-electron chi connectivity index (χ1n) is 6.87. The molecule has 1 nitrogen and oxygen atoms in total. The summed E-state index contributed by atoms with van der Waals surface area (Å²) in [6.45, 7) is 4.41. The Morgan fingerprint density at radius 3 is 2.35 bits per heavy atom. The molecule has 0 N–H and O–H groups in total. The normalized spacial score (nSPS) is 11.1. The molecule has 0 aliphatic carbocycles. The van der Waals surface area contributed by atoms with Gasteiger partial charge in [0, 0.05) is 6.20 Å². The number of rotatable bonds is 8. The van der Waals surface area contributed by atoms with E-state index in [1.807, 2.05) is 0 Å². The topological polar surface area (TPSA) is 12.9 Å². The summed E-state index contributed by atoms with van der Waals surface area (Å²) >= 11 is 0. The van der Waals surface area contributed by atoms with Gasteiger partial charge in [-0.3, -0.25) is 4.98 Å². The molecule has 0 aliphatic rings. The van der Waals surface area contributed by atoms with Crippen LogP contribution < -0.4 is 0 Å². The highest BCUT2D eigenvalue weighted by Gasteiger charge is 2.12. The predicted octanol–water partition coefficient (Wildman–Crippen LogP) is 4.76. The zero-order chi connectivity index (χ0) is 12.5. The molecule has 0 radical (unpaired) electrons. The highest BCUT2D eigenvalue weighted by molar-refractivity contribution is 5.07. The molecule has 1 aromatic heterocycles. The minimum Gasteiger partial charge on any atom is -0.258 e. The predicted molar refractivity (Wildman–Crippen MR) is 70.4 cm³/mol. The van der Waals surface area contributed by atoms with E-state index in [1.165, 1.54) is 44.6 Å². The Balaban J connectivity index is 2.55. The standard InChI is InChI=1S/C15H24FN/c1-3-5-8-13(9-6-4-2)12-15-14(16)10-7-11-17-15/h7,10-11,13H,3-6,8-9,12H2,1-2H3. The third-order valence-corrected chi connectivity index (χ3v) is 3.25. The van der Waals surface area contributed by atoms with Crippen LogP contribution in [0.4, 0.5) is 4.39 Å². The molecular weight excluding hydrogens is 213 g/mol. The molecule has 0 spiro atoms. The van der Waals surface area contributed by atoms with Crippen molar-refractivity contribution in [2.75, 3.05) is 0 Å². The summed E-state index contributed by atoms with van der Waals surface area (Å²) < 4.78 is 13.5. The first-order valence-corrected chi connectivity index (χ1v) is 6.87. The van der Waals surface area contributed by atoms with Gasteiger partial charge in [-0.05, 0) is 24.5 Å². The molecule has 0 fully saturated rings.